The van der Waals surface area contributed by atoms with Gasteiger partial charge in [0.1, 0.15) is 5.75 Å². The Hall–Kier alpha value is -1.16. The molecule has 0 N–H and O–H groups in total. The standard InChI is InChI=1S/C15H20O3S/c1-19(17,18)11-15(16)14-9-7-13(8-10-14)12-5-3-2-4-6-12/h7-10,12H,2-6,11H2,1H3. The number of ketones is 1. The Morgan fingerprint density at radius 2 is 1.68 bits per heavy atom. The van der Waals surface area contributed by atoms with E-state index >= 15 is 0 Å². The van der Waals surface area contributed by atoms with Crippen molar-refractivity contribution in [2.24, 2.45) is 0 Å². The summed E-state index contributed by atoms with van der Waals surface area (Å²) in [5.74, 6) is -0.124. The van der Waals surface area contributed by atoms with Crippen molar-refractivity contribution in [3.05, 3.63) is 35.4 Å². The molecule has 2 rings (SSSR count). The van der Waals surface area contributed by atoms with Crippen molar-refractivity contribution in [1.82, 2.24) is 0 Å². The van der Waals surface area contributed by atoms with Crippen LogP contribution < -0.4 is 0 Å². The largest absolute Gasteiger partial charge is 0.293 e. The number of carbonyl (C=O) groups is 1. The number of rotatable bonds is 4. The van der Waals surface area contributed by atoms with Gasteiger partial charge in [-0.15, -0.1) is 0 Å². The number of sulfone groups is 1. The lowest BCUT2D eigenvalue weighted by Gasteiger charge is -2.22. The molecule has 1 aromatic rings. The first-order chi connectivity index (χ1) is 8.96. The van der Waals surface area contributed by atoms with Gasteiger partial charge in [-0.25, -0.2) is 8.42 Å². The first-order valence-corrected chi connectivity index (χ1v) is 8.82. The van der Waals surface area contributed by atoms with Crippen LogP contribution in [0.5, 0.6) is 0 Å². The number of benzene rings is 1. The lowest BCUT2D eigenvalue weighted by Crippen LogP contribution is -2.14. The lowest BCUT2D eigenvalue weighted by atomic mass is 9.84. The van der Waals surface area contributed by atoms with Gasteiger partial charge < -0.3 is 0 Å². The molecule has 0 aromatic heterocycles. The van der Waals surface area contributed by atoms with E-state index in [1.54, 1.807) is 12.1 Å². The highest BCUT2D eigenvalue weighted by atomic mass is 32.2. The fourth-order valence-electron chi connectivity index (χ4n) is 2.70. The second-order valence-corrected chi connectivity index (χ2v) is 7.59. The summed E-state index contributed by atoms with van der Waals surface area (Å²) in [6, 6.07) is 7.48. The van der Waals surface area contributed by atoms with Gasteiger partial charge in [0.15, 0.2) is 15.6 Å². The van der Waals surface area contributed by atoms with Crippen LogP contribution in [-0.4, -0.2) is 26.2 Å². The fourth-order valence-corrected chi connectivity index (χ4v) is 3.34. The molecule has 19 heavy (non-hydrogen) atoms. The van der Waals surface area contributed by atoms with Gasteiger partial charge in [-0.1, -0.05) is 43.5 Å². The zero-order valence-electron chi connectivity index (χ0n) is 11.3. The molecular formula is C15H20O3S. The molecule has 1 aliphatic rings. The molecule has 0 bridgehead atoms. The Bertz CT molecular complexity index is 537. The summed E-state index contributed by atoms with van der Waals surface area (Å²) in [4.78, 5) is 11.8. The first-order valence-electron chi connectivity index (χ1n) is 6.76. The molecule has 0 radical (unpaired) electrons. The molecule has 1 saturated carbocycles. The van der Waals surface area contributed by atoms with Gasteiger partial charge in [0.05, 0.1) is 0 Å². The summed E-state index contributed by atoms with van der Waals surface area (Å²) in [6.45, 7) is 0. The molecular weight excluding hydrogens is 260 g/mol. The van der Waals surface area contributed by atoms with Gasteiger partial charge in [0.2, 0.25) is 0 Å². The van der Waals surface area contributed by atoms with E-state index in [2.05, 4.69) is 0 Å². The second kappa shape index (κ2) is 5.87. The van der Waals surface area contributed by atoms with E-state index in [4.69, 9.17) is 0 Å². The van der Waals surface area contributed by atoms with Crippen molar-refractivity contribution >= 4 is 15.6 Å². The minimum Gasteiger partial charge on any atom is -0.293 e. The first kappa shape index (κ1) is 14.3. The Kier molecular flexibility index (Phi) is 4.40. The van der Waals surface area contributed by atoms with Crippen molar-refractivity contribution in [3.63, 3.8) is 0 Å². The molecule has 0 spiro atoms. The Balaban J connectivity index is 2.07. The highest BCUT2D eigenvalue weighted by Crippen LogP contribution is 2.32. The average Bonchev–Trinajstić information content (AvgIpc) is 2.38. The third kappa shape index (κ3) is 4.16. The Morgan fingerprint density at radius 3 is 2.21 bits per heavy atom. The van der Waals surface area contributed by atoms with E-state index < -0.39 is 15.6 Å². The zero-order valence-corrected chi connectivity index (χ0v) is 12.1. The molecule has 0 aliphatic heterocycles. The van der Waals surface area contributed by atoms with Gasteiger partial charge in [0.25, 0.3) is 0 Å². The summed E-state index contributed by atoms with van der Waals surface area (Å²) in [6.07, 6.45) is 7.40. The van der Waals surface area contributed by atoms with Crippen LogP contribution in [0.25, 0.3) is 0 Å². The summed E-state index contributed by atoms with van der Waals surface area (Å²) in [7, 11) is -3.25. The molecule has 1 aromatic carbocycles. The summed E-state index contributed by atoms with van der Waals surface area (Å²) in [5, 5.41) is 0. The van der Waals surface area contributed by atoms with Crippen LogP contribution in [0.15, 0.2) is 24.3 Å². The van der Waals surface area contributed by atoms with Crippen LogP contribution in [0.1, 0.15) is 53.9 Å². The number of hydrogen-bond donors (Lipinski definition) is 0. The maximum Gasteiger partial charge on any atom is 0.177 e. The van der Waals surface area contributed by atoms with Crippen molar-refractivity contribution in [2.75, 3.05) is 12.0 Å². The molecule has 104 valence electrons. The van der Waals surface area contributed by atoms with Crippen LogP contribution in [0, 0.1) is 0 Å². The summed E-state index contributed by atoms with van der Waals surface area (Å²) < 4.78 is 22.2. The van der Waals surface area contributed by atoms with Gasteiger partial charge in [-0.3, -0.25) is 4.79 Å². The van der Waals surface area contributed by atoms with E-state index in [1.807, 2.05) is 12.1 Å². The van der Waals surface area contributed by atoms with E-state index in [9.17, 15) is 13.2 Å². The Labute approximate surface area is 114 Å². The van der Waals surface area contributed by atoms with E-state index in [1.165, 1.54) is 37.7 Å². The normalized spacial score (nSPS) is 17.3. The summed E-state index contributed by atoms with van der Waals surface area (Å²) in [5.41, 5.74) is 1.76. The minimum atomic E-state index is -3.25. The molecule has 0 amide bonds. The van der Waals surface area contributed by atoms with Crippen molar-refractivity contribution in [2.45, 2.75) is 38.0 Å². The van der Waals surface area contributed by atoms with E-state index in [0.717, 1.165) is 6.26 Å². The Morgan fingerprint density at radius 1 is 1.11 bits per heavy atom. The molecule has 1 aliphatic carbocycles. The smallest absolute Gasteiger partial charge is 0.177 e. The van der Waals surface area contributed by atoms with Gasteiger partial charge >= 0.3 is 0 Å². The topological polar surface area (TPSA) is 51.2 Å². The molecule has 1 fully saturated rings. The van der Waals surface area contributed by atoms with Gasteiger partial charge in [-0.05, 0) is 24.3 Å². The molecule has 3 nitrogen and oxygen atoms in total. The van der Waals surface area contributed by atoms with Crippen LogP contribution in [0.4, 0.5) is 0 Å². The van der Waals surface area contributed by atoms with Crippen molar-refractivity contribution in [1.29, 1.82) is 0 Å². The van der Waals surface area contributed by atoms with Gasteiger partial charge in [0, 0.05) is 11.8 Å². The molecule has 0 saturated heterocycles. The van der Waals surface area contributed by atoms with Crippen LogP contribution >= 0.6 is 0 Å². The predicted molar refractivity (Wildman–Crippen MR) is 76.3 cm³/mol. The highest BCUT2D eigenvalue weighted by Gasteiger charge is 2.17. The second-order valence-electron chi connectivity index (χ2n) is 5.45. The predicted octanol–water partition coefficient (Wildman–Crippen LogP) is 2.96. The van der Waals surface area contributed by atoms with E-state index in [0.29, 0.717) is 11.5 Å². The molecule has 0 unspecified atom stereocenters. The third-order valence-corrected chi connectivity index (χ3v) is 4.49. The lowest BCUT2D eigenvalue weighted by molar-refractivity contribution is 0.102. The zero-order chi connectivity index (χ0) is 13.9. The average molecular weight is 280 g/mol. The number of Topliss-reactive ketones (excluding diaryl/α,β-unsaturated/α-hetero) is 1. The van der Waals surface area contributed by atoms with Crippen molar-refractivity contribution in [3.8, 4) is 0 Å². The maximum absolute atomic E-state index is 11.8. The molecule has 4 heteroatoms. The third-order valence-electron chi connectivity index (χ3n) is 3.70. The van der Waals surface area contributed by atoms with E-state index in [-0.39, 0.29) is 5.78 Å². The van der Waals surface area contributed by atoms with Crippen molar-refractivity contribution < 1.29 is 13.2 Å². The molecule has 0 heterocycles. The fraction of sp³-hybridized carbons (Fsp3) is 0.533. The number of carbonyl (C=O) groups excluding carboxylic acids is 1. The van der Waals surface area contributed by atoms with Crippen LogP contribution in [0.2, 0.25) is 0 Å². The number of hydrogen-bond acceptors (Lipinski definition) is 3. The van der Waals surface area contributed by atoms with Crippen LogP contribution in [0.3, 0.4) is 0 Å². The monoisotopic (exact) mass is 280 g/mol. The summed E-state index contributed by atoms with van der Waals surface area (Å²) >= 11 is 0. The highest BCUT2D eigenvalue weighted by molar-refractivity contribution is 7.91. The molecule has 0 atom stereocenters. The maximum atomic E-state index is 11.8. The quantitative estimate of drug-likeness (QED) is 0.797. The minimum absolute atomic E-state index is 0.322. The van der Waals surface area contributed by atoms with Gasteiger partial charge in [-0.2, -0.15) is 0 Å². The van der Waals surface area contributed by atoms with Crippen LogP contribution in [-0.2, 0) is 9.84 Å². The SMILES string of the molecule is CS(=O)(=O)CC(=O)c1ccc(C2CCCCC2)cc1.